The first kappa shape index (κ1) is 9.51. The van der Waals surface area contributed by atoms with Gasteiger partial charge in [-0.05, 0) is 0 Å². The van der Waals surface area contributed by atoms with Crippen LogP contribution in [0.25, 0.3) is 0 Å². The molecule has 3 N–H and O–H groups in total. The molecule has 1 heterocycles. The Morgan fingerprint density at radius 3 is 3.25 bits per heavy atom. The third-order valence-electron chi connectivity index (χ3n) is 1.18. The molecule has 5 nitrogen and oxygen atoms in total. The van der Waals surface area contributed by atoms with Crippen LogP contribution < -0.4 is 5.32 Å². The lowest BCUT2D eigenvalue weighted by Crippen LogP contribution is -2.22. The number of nitrogens with one attached hydrogen (secondary N) is 2. The van der Waals surface area contributed by atoms with Gasteiger partial charge in [0.2, 0.25) is 0 Å². The highest BCUT2D eigenvalue weighted by atomic mass is 32.2. The highest BCUT2D eigenvalue weighted by Gasteiger charge is 2.12. The highest BCUT2D eigenvalue weighted by molar-refractivity contribution is 7.93. The van der Waals surface area contributed by atoms with E-state index in [2.05, 4.69) is 24.5 Å². The minimum Gasteiger partial charge on any atom is -0.347 e. The zero-order valence-corrected chi connectivity index (χ0v) is 8.04. The lowest BCUT2D eigenvalue weighted by Gasteiger charge is -1.98. The van der Waals surface area contributed by atoms with Crippen LogP contribution in [0.3, 0.4) is 0 Å². The average molecular weight is 205 g/mol. The van der Waals surface area contributed by atoms with Gasteiger partial charge in [-0.25, -0.2) is 4.98 Å². The molecule has 1 atom stereocenters. The first-order valence-electron chi connectivity index (χ1n) is 3.12. The smallest absolute Gasteiger partial charge is 0.270 e. The molecule has 0 bridgehead atoms. The van der Waals surface area contributed by atoms with Crippen molar-refractivity contribution in [1.82, 2.24) is 15.3 Å². The fraction of sp³-hybridized carbons (Fsp3) is 0.200. The van der Waals surface area contributed by atoms with Crippen molar-refractivity contribution in [2.75, 3.05) is 6.29 Å². The quantitative estimate of drug-likeness (QED) is 0.497. The molecule has 0 saturated carbocycles. The minimum atomic E-state index is -0.279. The fourth-order valence-electron chi connectivity index (χ4n) is 0.695. The van der Waals surface area contributed by atoms with Gasteiger partial charge in [0.25, 0.3) is 5.91 Å². The Hall–Kier alpha value is -0.580. The third kappa shape index (κ3) is 1.97. The molecule has 0 radical (unpaired) electrons. The van der Waals surface area contributed by atoms with Crippen LogP contribution in [0, 0.1) is 0 Å². The van der Waals surface area contributed by atoms with E-state index in [-0.39, 0.29) is 16.6 Å². The van der Waals surface area contributed by atoms with E-state index in [0.29, 0.717) is 18.3 Å². The van der Waals surface area contributed by atoms with E-state index in [9.17, 15) is 4.79 Å². The SMILES string of the molecule is O=C(NCP)c1[nH]cnc1SO. The molecule has 0 fully saturated rings. The maximum Gasteiger partial charge on any atom is 0.270 e. The lowest BCUT2D eigenvalue weighted by atomic mass is 10.4. The van der Waals surface area contributed by atoms with E-state index in [4.69, 9.17) is 4.55 Å². The summed E-state index contributed by atoms with van der Waals surface area (Å²) in [4.78, 5) is 17.5. The molecule has 1 rings (SSSR count). The summed E-state index contributed by atoms with van der Waals surface area (Å²) in [6.45, 7) is 0. The van der Waals surface area contributed by atoms with E-state index >= 15 is 0 Å². The second-order valence-corrected chi connectivity index (χ2v) is 2.86. The van der Waals surface area contributed by atoms with Crippen molar-refractivity contribution in [2.24, 2.45) is 0 Å². The van der Waals surface area contributed by atoms with E-state index < -0.39 is 0 Å². The molecule has 1 aromatic rings. The summed E-state index contributed by atoms with van der Waals surface area (Å²) in [6.07, 6.45) is 1.82. The Morgan fingerprint density at radius 1 is 1.92 bits per heavy atom. The van der Waals surface area contributed by atoms with E-state index in [1.54, 1.807) is 0 Å². The van der Waals surface area contributed by atoms with Gasteiger partial charge in [-0.15, -0.1) is 9.24 Å². The molecule has 7 heteroatoms. The zero-order chi connectivity index (χ0) is 8.97. The van der Waals surface area contributed by atoms with Gasteiger partial charge in [0, 0.05) is 18.3 Å². The first-order valence-corrected chi connectivity index (χ1v) is 4.71. The van der Waals surface area contributed by atoms with Gasteiger partial charge in [-0.2, -0.15) is 0 Å². The van der Waals surface area contributed by atoms with Gasteiger partial charge in [0.15, 0.2) is 5.03 Å². The number of amides is 1. The summed E-state index contributed by atoms with van der Waals surface area (Å²) in [6, 6.07) is 0. The molecule has 0 aliphatic carbocycles. The van der Waals surface area contributed by atoms with Gasteiger partial charge in [-0.1, -0.05) is 0 Å². The number of aromatic amines is 1. The number of carbonyl (C=O) groups excluding carboxylic acids is 1. The summed E-state index contributed by atoms with van der Waals surface area (Å²) in [5.74, 6) is -0.279. The van der Waals surface area contributed by atoms with E-state index in [1.807, 2.05) is 0 Å². The van der Waals surface area contributed by atoms with Crippen LogP contribution in [0.4, 0.5) is 0 Å². The molecule has 0 saturated heterocycles. The number of hydrogen-bond acceptors (Lipinski definition) is 4. The van der Waals surface area contributed by atoms with E-state index in [0.717, 1.165) is 0 Å². The van der Waals surface area contributed by atoms with Gasteiger partial charge >= 0.3 is 0 Å². The van der Waals surface area contributed by atoms with Crippen molar-refractivity contribution in [1.29, 1.82) is 0 Å². The van der Waals surface area contributed by atoms with Gasteiger partial charge in [0.05, 0.1) is 6.33 Å². The largest absolute Gasteiger partial charge is 0.347 e. The van der Waals surface area contributed by atoms with Crippen LogP contribution in [0.1, 0.15) is 10.5 Å². The molecule has 1 unspecified atom stereocenters. The molecule has 1 amide bonds. The summed E-state index contributed by atoms with van der Waals surface area (Å²) >= 11 is 0.446. The maximum absolute atomic E-state index is 11.2. The second kappa shape index (κ2) is 4.45. The molecule has 0 aliphatic heterocycles. The number of imidazole rings is 1. The predicted octanol–water partition coefficient (Wildman–Crippen LogP) is 0.537. The number of hydrogen-bond donors (Lipinski definition) is 3. The summed E-state index contributed by atoms with van der Waals surface area (Å²) < 4.78 is 8.67. The standard InChI is InChI=1S/C5H8N3O2PS/c9-4(8-2-11)3-5(12-10)7-1-6-3/h1,10H,2,11H2,(H,6,7)(H,8,9). The predicted molar refractivity (Wildman–Crippen MR) is 49.1 cm³/mol. The van der Waals surface area contributed by atoms with Crippen molar-refractivity contribution in [3.05, 3.63) is 12.0 Å². The van der Waals surface area contributed by atoms with Crippen molar-refractivity contribution in [3.8, 4) is 0 Å². The van der Waals surface area contributed by atoms with Crippen LogP contribution in [0.2, 0.25) is 0 Å². The molecule has 0 aromatic carbocycles. The van der Waals surface area contributed by atoms with Crippen LogP contribution >= 0.6 is 21.3 Å². The van der Waals surface area contributed by atoms with Crippen LogP contribution in [0.15, 0.2) is 11.4 Å². The van der Waals surface area contributed by atoms with Crippen molar-refractivity contribution < 1.29 is 9.35 Å². The zero-order valence-electron chi connectivity index (χ0n) is 6.07. The minimum absolute atomic E-state index is 0.279. The van der Waals surface area contributed by atoms with Crippen LogP contribution in [-0.4, -0.2) is 26.7 Å². The highest BCUT2D eigenvalue weighted by Crippen LogP contribution is 2.14. The Bertz CT molecular complexity index is 277. The summed E-state index contributed by atoms with van der Waals surface area (Å²) in [5, 5.41) is 2.83. The van der Waals surface area contributed by atoms with Gasteiger partial charge < -0.3 is 14.9 Å². The van der Waals surface area contributed by atoms with Gasteiger partial charge in [0.1, 0.15) is 5.69 Å². The number of carbonyl (C=O) groups is 1. The Morgan fingerprint density at radius 2 is 2.67 bits per heavy atom. The molecule has 0 aliphatic rings. The number of H-pyrrole nitrogens is 1. The van der Waals surface area contributed by atoms with Crippen molar-refractivity contribution in [2.45, 2.75) is 5.03 Å². The molecule has 0 spiro atoms. The van der Waals surface area contributed by atoms with Crippen molar-refractivity contribution in [3.63, 3.8) is 0 Å². The normalized spacial score (nSPS) is 9.83. The molecular weight excluding hydrogens is 197 g/mol. The number of aromatic nitrogens is 2. The molecular formula is C5H8N3O2PS. The summed E-state index contributed by atoms with van der Waals surface area (Å²) in [5.41, 5.74) is 0.282. The second-order valence-electron chi connectivity index (χ2n) is 1.88. The molecule has 66 valence electrons. The van der Waals surface area contributed by atoms with Crippen molar-refractivity contribution >= 4 is 27.2 Å². The van der Waals surface area contributed by atoms with Crippen LogP contribution in [-0.2, 0) is 0 Å². The fourth-order valence-corrected chi connectivity index (χ4v) is 1.22. The molecule has 12 heavy (non-hydrogen) atoms. The average Bonchev–Trinajstić information content (AvgIpc) is 2.51. The third-order valence-corrected chi connectivity index (χ3v) is 1.87. The Balaban J connectivity index is 2.79. The summed E-state index contributed by atoms with van der Waals surface area (Å²) in [7, 11) is 2.36. The van der Waals surface area contributed by atoms with Gasteiger partial charge in [-0.3, -0.25) is 4.79 Å². The topological polar surface area (TPSA) is 78.0 Å². The Kier molecular flexibility index (Phi) is 3.52. The Labute approximate surface area is 75.8 Å². The maximum atomic E-state index is 11.2. The van der Waals surface area contributed by atoms with Crippen LogP contribution in [0.5, 0.6) is 0 Å². The first-order chi connectivity index (χ1) is 5.79. The number of rotatable bonds is 3. The molecule has 1 aromatic heterocycles. The lowest BCUT2D eigenvalue weighted by molar-refractivity contribution is 0.0953. The number of nitrogens with zero attached hydrogens (tertiary/aromatic N) is 1. The van der Waals surface area contributed by atoms with E-state index in [1.165, 1.54) is 6.33 Å². The monoisotopic (exact) mass is 205 g/mol.